The highest BCUT2D eigenvalue weighted by atomic mass is 16.8. The van der Waals surface area contributed by atoms with E-state index in [1.807, 2.05) is 0 Å². The summed E-state index contributed by atoms with van der Waals surface area (Å²) in [6.07, 6.45) is -6.58. The van der Waals surface area contributed by atoms with Gasteiger partial charge in [0.15, 0.2) is 0 Å². The molecule has 0 aromatic heterocycles. The van der Waals surface area contributed by atoms with Crippen molar-refractivity contribution in [2.75, 3.05) is 13.2 Å². The van der Waals surface area contributed by atoms with Crippen LogP contribution in [0.1, 0.15) is 12.8 Å². The van der Waals surface area contributed by atoms with E-state index < -0.39 is 49.5 Å². The molecule has 4 N–H and O–H groups in total. The molecule has 2 amide bonds. The molecule has 0 saturated carbocycles. The van der Waals surface area contributed by atoms with Gasteiger partial charge in [-0.2, -0.15) is 0 Å². The van der Waals surface area contributed by atoms with Crippen LogP contribution in [-0.4, -0.2) is 75.0 Å². The molecule has 20 heavy (non-hydrogen) atoms. The number of hydroxylamine groups is 2. The van der Waals surface area contributed by atoms with Crippen molar-refractivity contribution in [1.82, 2.24) is 5.06 Å². The molecule has 1 aliphatic heterocycles. The number of rotatable bonds is 6. The van der Waals surface area contributed by atoms with Gasteiger partial charge in [0.25, 0.3) is 11.8 Å². The molecule has 10 heteroatoms. The monoisotopic (exact) mass is 293 g/mol. The lowest BCUT2D eigenvalue weighted by Crippen LogP contribution is -2.42. The zero-order valence-electron chi connectivity index (χ0n) is 10.3. The van der Waals surface area contributed by atoms with Crippen LogP contribution < -0.4 is 0 Å². The maximum atomic E-state index is 11.2. The minimum absolute atomic E-state index is 0.0733. The first-order valence-corrected chi connectivity index (χ1v) is 5.72. The molecule has 1 aliphatic rings. The Kier molecular flexibility index (Phi) is 5.82. The maximum absolute atomic E-state index is 11.2. The third-order valence-electron chi connectivity index (χ3n) is 2.52. The Morgan fingerprint density at radius 2 is 1.70 bits per heavy atom. The van der Waals surface area contributed by atoms with Crippen LogP contribution in [0.15, 0.2) is 0 Å². The van der Waals surface area contributed by atoms with Crippen LogP contribution in [0.4, 0.5) is 4.79 Å². The average molecular weight is 293 g/mol. The molecule has 10 nitrogen and oxygen atoms in total. The first-order chi connectivity index (χ1) is 9.36. The first kappa shape index (κ1) is 16.3. The molecule has 3 unspecified atom stereocenters. The van der Waals surface area contributed by atoms with Gasteiger partial charge < -0.3 is 25.2 Å². The molecule has 0 bridgehead atoms. The number of hydrogen-bond acceptors (Lipinski definition) is 9. The van der Waals surface area contributed by atoms with Gasteiger partial charge in [-0.25, -0.2) is 4.79 Å². The molecule has 1 fully saturated rings. The van der Waals surface area contributed by atoms with E-state index in [2.05, 4.69) is 9.57 Å². The molecule has 3 atom stereocenters. The molecule has 0 aromatic carbocycles. The molecule has 0 spiro atoms. The lowest BCUT2D eigenvalue weighted by Gasteiger charge is -2.21. The summed E-state index contributed by atoms with van der Waals surface area (Å²) < 4.78 is 4.37. The number of imide groups is 1. The lowest BCUT2D eigenvalue weighted by molar-refractivity contribution is -0.178. The summed E-state index contributed by atoms with van der Waals surface area (Å²) in [4.78, 5) is 37.7. The van der Waals surface area contributed by atoms with E-state index >= 15 is 0 Å². The van der Waals surface area contributed by atoms with E-state index in [1.54, 1.807) is 0 Å². The lowest BCUT2D eigenvalue weighted by atomic mass is 10.1. The highest BCUT2D eigenvalue weighted by molar-refractivity contribution is 6.01. The number of carbonyl (C=O) groups excluding carboxylic acids is 3. The number of ether oxygens (including phenoxy) is 1. The average Bonchev–Trinajstić information content (AvgIpc) is 2.74. The Hall–Kier alpha value is -1.75. The number of amides is 2. The normalized spacial score (nSPS) is 19.7. The number of aliphatic hydroxyl groups is 4. The van der Waals surface area contributed by atoms with Crippen LogP contribution in [0.2, 0.25) is 0 Å². The van der Waals surface area contributed by atoms with Crippen molar-refractivity contribution in [2.45, 2.75) is 31.2 Å². The SMILES string of the molecule is O=C(OCC(O)C(O)C(O)CO)ON1C(=O)CCC1=O. The van der Waals surface area contributed by atoms with Gasteiger partial charge in [0, 0.05) is 12.8 Å². The van der Waals surface area contributed by atoms with Crippen molar-refractivity contribution in [3.8, 4) is 0 Å². The van der Waals surface area contributed by atoms with Crippen molar-refractivity contribution in [3.05, 3.63) is 0 Å². The summed E-state index contributed by atoms with van der Waals surface area (Å²) in [6.45, 7) is -1.55. The van der Waals surface area contributed by atoms with Crippen molar-refractivity contribution in [3.63, 3.8) is 0 Å². The number of aliphatic hydroxyl groups excluding tert-OH is 4. The minimum atomic E-state index is -1.73. The van der Waals surface area contributed by atoms with Crippen LogP contribution in [0.3, 0.4) is 0 Å². The molecule has 0 aromatic rings. The predicted molar refractivity (Wildman–Crippen MR) is 58.6 cm³/mol. The molecular formula is C10H15NO9. The van der Waals surface area contributed by atoms with Crippen LogP contribution in [0.25, 0.3) is 0 Å². The van der Waals surface area contributed by atoms with Crippen molar-refractivity contribution in [2.24, 2.45) is 0 Å². The van der Waals surface area contributed by atoms with Crippen molar-refractivity contribution in [1.29, 1.82) is 0 Å². The second kappa shape index (κ2) is 7.14. The summed E-state index contributed by atoms with van der Waals surface area (Å²) in [5, 5.41) is 36.4. The highest BCUT2D eigenvalue weighted by Gasteiger charge is 2.34. The summed E-state index contributed by atoms with van der Waals surface area (Å²) in [7, 11) is 0. The number of nitrogens with zero attached hydrogens (tertiary/aromatic N) is 1. The molecule has 1 heterocycles. The van der Waals surface area contributed by atoms with Gasteiger partial charge in [0.05, 0.1) is 6.61 Å². The van der Waals surface area contributed by atoms with E-state index in [9.17, 15) is 24.6 Å². The summed E-state index contributed by atoms with van der Waals surface area (Å²) >= 11 is 0. The zero-order chi connectivity index (χ0) is 15.3. The van der Waals surface area contributed by atoms with Gasteiger partial charge in [-0.1, -0.05) is 5.06 Å². The summed E-state index contributed by atoms with van der Waals surface area (Å²) in [5.41, 5.74) is 0. The Labute approximate surface area is 113 Å². The fourth-order valence-electron chi connectivity index (χ4n) is 1.38. The fourth-order valence-corrected chi connectivity index (χ4v) is 1.38. The second-order valence-electron chi connectivity index (χ2n) is 4.04. The molecule has 1 rings (SSSR count). The zero-order valence-corrected chi connectivity index (χ0v) is 10.3. The van der Waals surface area contributed by atoms with E-state index in [4.69, 9.17) is 10.2 Å². The third kappa shape index (κ3) is 4.13. The molecule has 114 valence electrons. The number of hydrogen-bond donors (Lipinski definition) is 4. The Morgan fingerprint density at radius 3 is 2.20 bits per heavy atom. The van der Waals surface area contributed by atoms with E-state index in [0.29, 0.717) is 0 Å². The van der Waals surface area contributed by atoms with Crippen LogP contribution in [-0.2, 0) is 19.2 Å². The molecular weight excluding hydrogens is 278 g/mol. The van der Waals surface area contributed by atoms with E-state index in [-0.39, 0.29) is 17.9 Å². The predicted octanol–water partition coefficient (Wildman–Crippen LogP) is -2.72. The van der Waals surface area contributed by atoms with Crippen molar-refractivity contribution >= 4 is 18.0 Å². The van der Waals surface area contributed by atoms with Crippen LogP contribution in [0.5, 0.6) is 0 Å². The largest absolute Gasteiger partial charge is 0.534 e. The van der Waals surface area contributed by atoms with E-state index in [0.717, 1.165) is 0 Å². The quantitative estimate of drug-likeness (QED) is 0.302. The standard InChI is InChI=1S/C10H15NO9/c12-3-5(13)9(17)6(14)4-19-10(18)20-11-7(15)1-2-8(11)16/h5-6,9,12-14,17H,1-4H2. The maximum Gasteiger partial charge on any atom is 0.534 e. The Bertz CT molecular complexity index is 369. The fraction of sp³-hybridized carbons (Fsp3) is 0.700. The molecule has 0 aliphatic carbocycles. The van der Waals surface area contributed by atoms with Crippen LogP contribution >= 0.6 is 0 Å². The second-order valence-corrected chi connectivity index (χ2v) is 4.04. The minimum Gasteiger partial charge on any atom is -0.430 e. The van der Waals surface area contributed by atoms with Gasteiger partial charge in [-0.15, -0.1) is 0 Å². The Balaban J connectivity index is 2.36. The van der Waals surface area contributed by atoms with Gasteiger partial charge >= 0.3 is 6.16 Å². The van der Waals surface area contributed by atoms with E-state index in [1.165, 1.54) is 0 Å². The topological polar surface area (TPSA) is 154 Å². The summed E-state index contributed by atoms with van der Waals surface area (Å²) in [5.74, 6) is -1.38. The first-order valence-electron chi connectivity index (χ1n) is 5.72. The van der Waals surface area contributed by atoms with Crippen LogP contribution in [0, 0.1) is 0 Å². The van der Waals surface area contributed by atoms with Gasteiger partial charge in [0.2, 0.25) is 0 Å². The highest BCUT2D eigenvalue weighted by Crippen LogP contribution is 2.12. The van der Waals surface area contributed by atoms with Gasteiger partial charge in [-0.05, 0) is 0 Å². The number of carbonyl (C=O) groups is 3. The van der Waals surface area contributed by atoms with Gasteiger partial charge in [-0.3, -0.25) is 14.4 Å². The molecule has 1 saturated heterocycles. The van der Waals surface area contributed by atoms with Gasteiger partial charge in [0.1, 0.15) is 24.9 Å². The molecule has 0 radical (unpaired) electrons. The Morgan fingerprint density at radius 1 is 1.15 bits per heavy atom. The van der Waals surface area contributed by atoms with Crippen molar-refractivity contribution < 1.29 is 44.4 Å². The summed E-state index contributed by atoms with van der Waals surface area (Å²) in [6, 6.07) is 0. The smallest absolute Gasteiger partial charge is 0.430 e. The third-order valence-corrected chi connectivity index (χ3v) is 2.52.